The molecule has 4 heteroatoms. The quantitative estimate of drug-likeness (QED) is 0.782. The Labute approximate surface area is 87.1 Å². The second kappa shape index (κ2) is 5.47. The minimum absolute atomic E-state index is 0.0732. The van der Waals surface area contributed by atoms with E-state index in [0.717, 1.165) is 36.9 Å². The zero-order valence-electron chi connectivity index (χ0n) is 7.67. The van der Waals surface area contributed by atoms with Crippen molar-refractivity contribution in [3.05, 3.63) is 0 Å². The zero-order chi connectivity index (χ0) is 9.68. The number of hydrogen-bond donors (Lipinski definition) is 1. The molecule has 76 valence electrons. The summed E-state index contributed by atoms with van der Waals surface area (Å²) < 4.78 is 4.94. The van der Waals surface area contributed by atoms with E-state index >= 15 is 0 Å². The molecule has 0 spiro atoms. The van der Waals surface area contributed by atoms with Crippen molar-refractivity contribution in [3.8, 4) is 0 Å². The van der Waals surface area contributed by atoms with E-state index < -0.39 is 6.09 Å². The highest BCUT2D eigenvalue weighted by atomic mass is 79.9. The molecule has 0 aromatic rings. The highest BCUT2D eigenvalue weighted by Gasteiger charge is 2.22. The topological polar surface area (TPSA) is 52.3 Å². The minimum Gasteiger partial charge on any atom is -0.446 e. The average molecular weight is 250 g/mol. The first-order valence-electron chi connectivity index (χ1n) is 4.74. The number of hydrogen-bond acceptors (Lipinski definition) is 2. The molecule has 13 heavy (non-hydrogen) atoms. The highest BCUT2D eigenvalue weighted by Crippen LogP contribution is 2.28. The SMILES string of the molecule is NC(=O)OC1CCC(CCBr)CC1. The van der Waals surface area contributed by atoms with E-state index in [4.69, 9.17) is 10.5 Å². The molecule has 1 aliphatic rings. The van der Waals surface area contributed by atoms with Gasteiger partial charge in [0.2, 0.25) is 0 Å². The molecule has 1 fully saturated rings. The van der Waals surface area contributed by atoms with Gasteiger partial charge in [-0.1, -0.05) is 15.9 Å². The fourth-order valence-corrected chi connectivity index (χ4v) is 2.50. The van der Waals surface area contributed by atoms with Gasteiger partial charge in [-0.25, -0.2) is 4.79 Å². The Morgan fingerprint density at radius 3 is 2.46 bits per heavy atom. The molecule has 1 aliphatic carbocycles. The summed E-state index contributed by atoms with van der Waals surface area (Å²) in [5.74, 6) is 0.798. The van der Waals surface area contributed by atoms with E-state index in [1.165, 1.54) is 6.42 Å². The molecule has 0 atom stereocenters. The zero-order valence-corrected chi connectivity index (χ0v) is 9.26. The van der Waals surface area contributed by atoms with Crippen LogP contribution in [0, 0.1) is 5.92 Å². The van der Waals surface area contributed by atoms with Gasteiger partial charge in [-0.15, -0.1) is 0 Å². The smallest absolute Gasteiger partial charge is 0.404 e. The van der Waals surface area contributed by atoms with Crippen LogP contribution in [-0.2, 0) is 4.74 Å². The summed E-state index contributed by atoms with van der Waals surface area (Å²) in [4.78, 5) is 10.5. The van der Waals surface area contributed by atoms with Gasteiger partial charge in [0.15, 0.2) is 0 Å². The van der Waals surface area contributed by atoms with Gasteiger partial charge in [-0.2, -0.15) is 0 Å². The van der Waals surface area contributed by atoms with Gasteiger partial charge in [-0.05, 0) is 38.0 Å². The van der Waals surface area contributed by atoms with E-state index in [0.29, 0.717) is 0 Å². The normalized spacial score (nSPS) is 28.4. The van der Waals surface area contributed by atoms with Crippen molar-refractivity contribution in [1.82, 2.24) is 0 Å². The second-order valence-electron chi connectivity index (χ2n) is 3.56. The first kappa shape index (κ1) is 10.8. The van der Waals surface area contributed by atoms with E-state index in [-0.39, 0.29) is 6.10 Å². The van der Waals surface area contributed by atoms with E-state index in [9.17, 15) is 4.79 Å². The molecule has 0 bridgehead atoms. The molecule has 0 aromatic heterocycles. The lowest BCUT2D eigenvalue weighted by Gasteiger charge is -2.27. The first-order chi connectivity index (χ1) is 6.22. The second-order valence-corrected chi connectivity index (χ2v) is 4.35. The van der Waals surface area contributed by atoms with Crippen LogP contribution in [0.15, 0.2) is 0 Å². The summed E-state index contributed by atoms with van der Waals surface area (Å²) in [6, 6.07) is 0. The van der Waals surface area contributed by atoms with Crippen molar-refractivity contribution in [2.75, 3.05) is 5.33 Å². The Morgan fingerprint density at radius 1 is 1.38 bits per heavy atom. The third-order valence-electron chi connectivity index (χ3n) is 2.59. The van der Waals surface area contributed by atoms with Gasteiger partial charge >= 0.3 is 6.09 Å². The highest BCUT2D eigenvalue weighted by molar-refractivity contribution is 9.09. The fraction of sp³-hybridized carbons (Fsp3) is 0.889. The van der Waals surface area contributed by atoms with Gasteiger partial charge in [-0.3, -0.25) is 0 Å². The van der Waals surface area contributed by atoms with Crippen LogP contribution in [0.5, 0.6) is 0 Å². The maximum Gasteiger partial charge on any atom is 0.404 e. The minimum atomic E-state index is -0.635. The molecule has 1 rings (SSSR count). The van der Waals surface area contributed by atoms with Crippen molar-refractivity contribution in [2.24, 2.45) is 11.7 Å². The van der Waals surface area contributed by atoms with Crippen molar-refractivity contribution < 1.29 is 9.53 Å². The monoisotopic (exact) mass is 249 g/mol. The van der Waals surface area contributed by atoms with E-state index in [1.54, 1.807) is 0 Å². The van der Waals surface area contributed by atoms with Gasteiger partial charge in [0.05, 0.1) is 0 Å². The van der Waals surface area contributed by atoms with Crippen molar-refractivity contribution in [1.29, 1.82) is 0 Å². The predicted octanol–water partition coefficient (Wildman–Crippen LogP) is 2.43. The maximum atomic E-state index is 10.5. The fourth-order valence-electron chi connectivity index (χ4n) is 1.86. The molecule has 3 nitrogen and oxygen atoms in total. The standard InChI is InChI=1S/C9H16BrNO2/c10-6-5-7-1-3-8(4-2-7)13-9(11)12/h7-8H,1-6H2,(H2,11,12). The van der Waals surface area contributed by atoms with Gasteiger partial charge in [0.25, 0.3) is 0 Å². The molecular formula is C9H16BrNO2. The van der Waals surface area contributed by atoms with Crippen molar-refractivity contribution in [3.63, 3.8) is 0 Å². The Kier molecular flexibility index (Phi) is 4.56. The largest absolute Gasteiger partial charge is 0.446 e. The van der Waals surface area contributed by atoms with Crippen LogP contribution in [-0.4, -0.2) is 17.5 Å². The average Bonchev–Trinajstić information content (AvgIpc) is 2.08. The molecule has 0 unspecified atom stereocenters. The number of carbonyl (C=O) groups is 1. The molecule has 0 aromatic carbocycles. The Morgan fingerprint density at radius 2 is 2.00 bits per heavy atom. The van der Waals surface area contributed by atoms with Gasteiger partial charge in [0.1, 0.15) is 6.10 Å². The Balaban J connectivity index is 2.18. The number of halogens is 1. The molecular weight excluding hydrogens is 234 g/mol. The first-order valence-corrected chi connectivity index (χ1v) is 5.86. The lowest BCUT2D eigenvalue weighted by atomic mass is 9.86. The summed E-state index contributed by atoms with van der Waals surface area (Å²) in [5, 5.41) is 1.07. The van der Waals surface area contributed by atoms with Crippen LogP contribution in [0.2, 0.25) is 0 Å². The molecule has 1 saturated carbocycles. The van der Waals surface area contributed by atoms with E-state index in [2.05, 4.69) is 15.9 Å². The molecule has 0 saturated heterocycles. The Bertz CT molecular complexity index is 167. The van der Waals surface area contributed by atoms with Crippen LogP contribution in [0.3, 0.4) is 0 Å². The molecule has 2 N–H and O–H groups in total. The summed E-state index contributed by atoms with van der Waals surface area (Å²) in [5.41, 5.74) is 4.95. The molecule has 0 radical (unpaired) electrons. The maximum absolute atomic E-state index is 10.5. The van der Waals surface area contributed by atoms with E-state index in [1.807, 2.05) is 0 Å². The van der Waals surface area contributed by atoms with Crippen LogP contribution >= 0.6 is 15.9 Å². The number of nitrogens with two attached hydrogens (primary N) is 1. The molecule has 0 aliphatic heterocycles. The van der Waals surface area contributed by atoms with Crippen LogP contribution in [0.25, 0.3) is 0 Å². The van der Waals surface area contributed by atoms with Crippen LogP contribution in [0.4, 0.5) is 4.79 Å². The number of alkyl halides is 1. The van der Waals surface area contributed by atoms with Gasteiger partial charge < -0.3 is 10.5 Å². The molecule has 0 heterocycles. The third-order valence-corrected chi connectivity index (χ3v) is 3.05. The van der Waals surface area contributed by atoms with Crippen LogP contribution in [0.1, 0.15) is 32.1 Å². The number of primary amides is 1. The summed E-state index contributed by atoms with van der Waals surface area (Å²) >= 11 is 3.43. The lowest BCUT2D eigenvalue weighted by molar-refractivity contribution is 0.0707. The molecule has 1 amide bonds. The predicted molar refractivity (Wildman–Crippen MR) is 54.8 cm³/mol. The number of ether oxygens (including phenoxy) is 1. The summed E-state index contributed by atoms with van der Waals surface area (Å²) in [6.07, 6.45) is 4.92. The number of amides is 1. The van der Waals surface area contributed by atoms with Crippen molar-refractivity contribution in [2.45, 2.75) is 38.2 Å². The number of rotatable bonds is 3. The lowest BCUT2D eigenvalue weighted by Crippen LogP contribution is -2.27. The summed E-state index contributed by atoms with van der Waals surface area (Å²) in [7, 11) is 0. The van der Waals surface area contributed by atoms with Crippen LogP contribution < -0.4 is 5.73 Å². The number of carbonyl (C=O) groups excluding carboxylic acids is 1. The van der Waals surface area contributed by atoms with Crippen molar-refractivity contribution >= 4 is 22.0 Å². The third kappa shape index (κ3) is 3.98. The summed E-state index contributed by atoms with van der Waals surface area (Å²) in [6.45, 7) is 0. The van der Waals surface area contributed by atoms with Gasteiger partial charge in [0, 0.05) is 5.33 Å². The Hall–Kier alpha value is -0.250.